The Morgan fingerprint density at radius 2 is 1.24 bits per heavy atom. The van der Waals surface area contributed by atoms with Crippen LogP contribution in [0.25, 0.3) is 0 Å². The summed E-state index contributed by atoms with van der Waals surface area (Å²) in [6.45, 7) is 2.05. The number of amides is 1. The zero-order valence-electron chi connectivity index (χ0n) is 14.2. The monoisotopic (exact) mass is 313 g/mol. The highest BCUT2D eigenvalue weighted by molar-refractivity contribution is 8.32. The summed E-state index contributed by atoms with van der Waals surface area (Å²) >= 11 is 0. The van der Waals surface area contributed by atoms with Gasteiger partial charge in [-0.2, -0.15) is 0 Å². The van der Waals surface area contributed by atoms with Crippen molar-refractivity contribution in [1.82, 2.24) is 4.90 Å². The van der Waals surface area contributed by atoms with Gasteiger partial charge in [-0.05, 0) is 36.9 Å². The smallest absolute Gasteiger partial charge is 0.225 e. The predicted molar refractivity (Wildman–Crippen MR) is 95.4 cm³/mol. The summed E-state index contributed by atoms with van der Waals surface area (Å²) in [7, 11) is -0.402. The van der Waals surface area contributed by atoms with Gasteiger partial charge in [0.05, 0.1) is 0 Å². The quantitative estimate of drug-likeness (QED) is 0.701. The second-order valence-electron chi connectivity index (χ2n) is 7.60. The molecule has 0 aromatic rings. The van der Waals surface area contributed by atoms with Crippen LogP contribution in [0, 0.1) is 5.92 Å². The predicted octanol–water partition coefficient (Wildman–Crippen LogP) is 4.42. The molecule has 0 spiro atoms. The molecule has 0 N–H and O–H groups in total. The van der Waals surface area contributed by atoms with E-state index in [2.05, 4.69) is 17.4 Å². The van der Waals surface area contributed by atoms with Crippen LogP contribution < -0.4 is 0 Å². The number of hydrogen-bond acceptors (Lipinski definition) is 1. The van der Waals surface area contributed by atoms with Gasteiger partial charge >= 0.3 is 0 Å². The van der Waals surface area contributed by atoms with Crippen LogP contribution in [0.3, 0.4) is 0 Å². The van der Waals surface area contributed by atoms with Crippen LogP contribution in [0.4, 0.5) is 0 Å². The van der Waals surface area contributed by atoms with Crippen LogP contribution in [0.5, 0.6) is 0 Å². The summed E-state index contributed by atoms with van der Waals surface area (Å²) in [4.78, 5) is 15.0. The minimum atomic E-state index is -0.402. The Balaban J connectivity index is 1.85. The van der Waals surface area contributed by atoms with Gasteiger partial charge in [0.25, 0.3) is 0 Å². The zero-order chi connectivity index (χ0) is 15.1. The van der Waals surface area contributed by atoms with Crippen molar-refractivity contribution < 1.29 is 4.79 Å². The van der Waals surface area contributed by atoms with Gasteiger partial charge < -0.3 is 4.90 Å². The van der Waals surface area contributed by atoms with E-state index < -0.39 is 10.0 Å². The first-order chi connectivity index (χ1) is 10.1. The van der Waals surface area contributed by atoms with Gasteiger partial charge in [0.2, 0.25) is 5.91 Å². The molecule has 2 fully saturated rings. The molecule has 0 atom stereocenters. The van der Waals surface area contributed by atoms with E-state index in [1.54, 1.807) is 0 Å². The molecule has 1 saturated carbocycles. The first-order valence-electron chi connectivity index (χ1n) is 9.06. The van der Waals surface area contributed by atoms with E-state index in [0.717, 1.165) is 25.9 Å². The standard InChI is InChI=1S/C18H35NOS/c1-21(2)15-13-19(14-16-21)18(20)17-11-9-7-5-3-4-6-8-10-12-17/h17H,3-16H2,1-2H3. The number of carbonyl (C=O) groups is 1. The van der Waals surface area contributed by atoms with Crippen molar-refractivity contribution in [3.63, 3.8) is 0 Å². The second-order valence-corrected chi connectivity index (χ2v) is 12.0. The molecule has 0 aromatic heterocycles. The molecule has 3 heteroatoms. The average Bonchev–Trinajstić information content (AvgIpc) is 2.51. The third-order valence-electron chi connectivity index (χ3n) is 5.34. The summed E-state index contributed by atoms with van der Waals surface area (Å²) in [5.41, 5.74) is 0. The maximum atomic E-state index is 12.8. The lowest BCUT2D eigenvalue weighted by Gasteiger charge is -2.42. The summed E-state index contributed by atoms with van der Waals surface area (Å²) < 4.78 is 0. The number of hydrogen-bond donors (Lipinski definition) is 0. The Labute approximate surface area is 133 Å². The Morgan fingerprint density at radius 3 is 1.71 bits per heavy atom. The summed E-state index contributed by atoms with van der Waals surface area (Å²) in [6.07, 6.45) is 17.9. The lowest BCUT2D eigenvalue weighted by Crippen LogP contribution is -2.44. The first kappa shape index (κ1) is 17.2. The maximum absolute atomic E-state index is 12.8. The van der Waals surface area contributed by atoms with Crippen molar-refractivity contribution in [3.8, 4) is 0 Å². The average molecular weight is 314 g/mol. The molecule has 1 aliphatic carbocycles. The minimum Gasteiger partial charge on any atom is -0.341 e. The van der Waals surface area contributed by atoms with Crippen molar-refractivity contribution in [1.29, 1.82) is 0 Å². The van der Waals surface area contributed by atoms with Crippen molar-refractivity contribution in [2.45, 2.75) is 64.2 Å². The Morgan fingerprint density at radius 1 is 0.810 bits per heavy atom. The molecular weight excluding hydrogens is 278 g/mol. The molecular formula is C18H35NOS. The van der Waals surface area contributed by atoms with Crippen LogP contribution in [0.1, 0.15) is 64.2 Å². The Hall–Kier alpha value is -0.180. The summed E-state index contributed by atoms with van der Waals surface area (Å²) in [5, 5.41) is 0. The molecule has 1 amide bonds. The molecule has 21 heavy (non-hydrogen) atoms. The third kappa shape index (κ3) is 5.84. The Kier molecular flexibility index (Phi) is 6.91. The highest BCUT2D eigenvalue weighted by Gasteiger charge is 2.28. The molecule has 2 nitrogen and oxygen atoms in total. The molecule has 124 valence electrons. The summed E-state index contributed by atoms with van der Waals surface area (Å²) in [5.74, 6) is 3.33. The van der Waals surface area contributed by atoms with Crippen LogP contribution >= 0.6 is 10.0 Å². The highest BCUT2D eigenvalue weighted by atomic mass is 32.3. The van der Waals surface area contributed by atoms with Gasteiger partial charge in [-0.3, -0.25) is 4.79 Å². The fourth-order valence-electron chi connectivity index (χ4n) is 3.64. The Bertz CT molecular complexity index is 307. The van der Waals surface area contributed by atoms with Crippen molar-refractivity contribution >= 4 is 15.9 Å². The lowest BCUT2D eigenvalue weighted by atomic mass is 9.94. The molecule has 1 saturated heterocycles. The van der Waals surface area contributed by atoms with E-state index in [1.165, 1.54) is 62.9 Å². The fraction of sp³-hybridized carbons (Fsp3) is 0.944. The highest BCUT2D eigenvalue weighted by Crippen LogP contribution is 2.41. The zero-order valence-corrected chi connectivity index (χ0v) is 15.1. The van der Waals surface area contributed by atoms with E-state index in [0.29, 0.717) is 11.8 Å². The SMILES string of the molecule is CS1(C)CCN(C(=O)C2CCCCCCCCCC2)CC1. The molecule has 0 aromatic carbocycles. The first-order valence-corrected chi connectivity index (χ1v) is 11.8. The van der Waals surface area contributed by atoms with Crippen LogP contribution in [-0.4, -0.2) is 47.9 Å². The van der Waals surface area contributed by atoms with Crippen LogP contribution in [0.15, 0.2) is 0 Å². The van der Waals surface area contributed by atoms with E-state index in [9.17, 15) is 4.79 Å². The van der Waals surface area contributed by atoms with Gasteiger partial charge in [0.1, 0.15) is 0 Å². The number of carbonyl (C=O) groups excluding carboxylic acids is 1. The molecule has 0 bridgehead atoms. The van der Waals surface area contributed by atoms with Crippen molar-refractivity contribution in [3.05, 3.63) is 0 Å². The second kappa shape index (κ2) is 8.45. The molecule has 0 radical (unpaired) electrons. The van der Waals surface area contributed by atoms with Crippen molar-refractivity contribution in [2.75, 3.05) is 37.1 Å². The number of nitrogens with zero attached hydrogens (tertiary/aromatic N) is 1. The van der Waals surface area contributed by atoms with Gasteiger partial charge in [-0.15, -0.1) is 0 Å². The molecule has 1 aliphatic heterocycles. The van der Waals surface area contributed by atoms with E-state index >= 15 is 0 Å². The molecule has 0 unspecified atom stereocenters. The molecule has 2 rings (SSSR count). The van der Waals surface area contributed by atoms with E-state index in [1.807, 2.05) is 0 Å². The van der Waals surface area contributed by atoms with Gasteiger partial charge in [-0.1, -0.05) is 51.4 Å². The normalized spacial score (nSPS) is 27.6. The topological polar surface area (TPSA) is 20.3 Å². The minimum absolute atomic E-state index is 0.333. The van der Waals surface area contributed by atoms with Gasteiger partial charge in [0, 0.05) is 19.0 Å². The molecule has 1 heterocycles. The van der Waals surface area contributed by atoms with E-state index in [4.69, 9.17) is 0 Å². The third-order valence-corrected chi connectivity index (χ3v) is 7.92. The molecule has 2 aliphatic rings. The van der Waals surface area contributed by atoms with Gasteiger partial charge in [0.15, 0.2) is 0 Å². The maximum Gasteiger partial charge on any atom is 0.225 e. The fourth-order valence-corrected chi connectivity index (χ4v) is 5.27. The van der Waals surface area contributed by atoms with Crippen LogP contribution in [-0.2, 0) is 4.79 Å². The lowest BCUT2D eigenvalue weighted by molar-refractivity contribution is -0.135. The van der Waals surface area contributed by atoms with Crippen molar-refractivity contribution in [2.24, 2.45) is 5.92 Å². The summed E-state index contributed by atoms with van der Waals surface area (Å²) in [6, 6.07) is 0. The van der Waals surface area contributed by atoms with Gasteiger partial charge in [-0.25, -0.2) is 10.0 Å². The largest absolute Gasteiger partial charge is 0.341 e. The number of rotatable bonds is 1. The van der Waals surface area contributed by atoms with E-state index in [-0.39, 0.29) is 0 Å². The van der Waals surface area contributed by atoms with Crippen LogP contribution in [0.2, 0.25) is 0 Å².